The van der Waals surface area contributed by atoms with Crippen LogP contribution in [-0.2, 0) is 11.2 Å². The molecule has 0 spiro atoms. The molecule has 0 unspecified atom stereocenters. The van der Waals surface area contributed by atoms with Crippen molar-refractivity contribution in [2.45, 2.75) is 25.0 Å². The summed E-state index contributed by atoms with van der Waals surface area (Å²) < 4.78 is 10.4. The van der Waals surface area contributed by atoms with Crippen molar-refractivity contribution < 1.29 is 19.4 Å². The van der Waals surface area contributed by atoms with Crippen molar-refractivity contribution in [3.8, 4) is 11.6 Å². The summed E-state index contributed by atoms with van der Waals surface area (Å²) in [5.41, 5.74) is 1.61. The van der Waals surface area contributed by atoms with E-state index in [1.165, 1.54) is 0 Å². The highest BCUT2D eigenvalue weighted by Gasteiger charge is 2.35. The van der Waals surface area contributed by atoms with Crippen LogP contribution in [-0.4, -0.2) is 47.8 Å². The zero-order valence-electron chi connectivity index (χ0n) is 14.4. The van der Waals surface area contributed by atoms with E-state index in [1.54, 1.807) is 31.3 Å². The molecule has 1 aliphatic heterocycles. The third kappa shape index (κ3) is 3.91. The minimum Gasteiger partial charge on any atom is -0.497 e. The van der Waals surface area contributed by atoms with Crippen LogP contribution in [0.4, 0.5) is 0 Å². The van der Waals surface area contributed by atoms with Crippen molar-refractivity contribution in [1.29, 1.82) is 0 Å². The van der Waals surface area contributed by atoms with Crippen LogP contribution in [0.1, 0.15) is 23.7 Å². The maximum atomic E-state index is 12.8. The van der Waals surface area contributed by atoms with Crippen LogP contribution in [0.25, 0.3) is 0 Å². The molecule has 0 saturated carbocycles. The Hall–Kier alpha value is -2.60. The molecule has 1 saturated heterocycles. The molecule has 3 rings (SSSR count). The fourth-order valence-corrected chi connectivity index (χ4v) is 3.18. The zero-order valence-corrected chi connectivity index (χ0v) is 14.4. The number of aliphatic hydroxyl groups excluding tert-OH is 1. The summed E-state index contributed by atoms with van der Waals surface area (Å²) in [6.07, 6.45) is 0.160. The fourth-order valence-electron chi connectivity index (χ4n) is 3.18. The van der Waals surface area contributed by atoms with Crippen LogP contribution < -0.4 is 9.47 Å². The number of methoxy groups -OCH3 is 2. The SMILES string of the molecule is COc1cccc([C@@H]2C[C@H](O)CN2C(=O)Cc2cccc(OC)n2)c1. The number of aromatic nitrogens is 1. The van der Waals surface area contributed by atoms with Gasteiger partial charge in [0, 0.05) is 12.6 Å². The number of amides is 1. The van der Waals surface area contributed by atoms with E-state index in [0.717, 1.165) is 11.3 Å². The van der Waals surface area contributed by atoms with Crippen molar-refractivity contribution >= 4 is 5.91 Å². The Morgan fingerprint density at radius 3 is 2.80 bits per heavy atom. The molecule has 6 nitrogen and oxygen atoms in total. The lowest BCUT2D eigenvalue weighted by molar-refractivity contribution is -0.131. The highest BCUT2D eigenvalue weighted by Crippen LogP contribution is 2.34. The molecular weight excluding hydrogens is 320 g/mol. The Bertz CT molecular complexity index is 750. The highest BCUT2D eigenvalue weighted by atomic mass is 16.5. The van der Waals surface area contributed by atoms with Crippen LogP contribution in [0.2, 0.25) is 0 Å². The lowest BCUT2D eigenvalue weighted by atomic mass is 10.0. The number of likely N-dealkylation sites (tertiary alicyclic amines) is 1. The number of ether oxygens (including phenoxy) is 2. The molecule has 2 heterocycles. The zero-order chi connectivity index (χ0) is 17.8. The minimum atomic E-state index is -0.529. The molecule has 2 aromatic rings. The summed E-state index contributed by atoms with van der Waals surface area (Å²) in [6, 6.07) is 12.8. The van der Waals surface area contributed by atoms with Gasteiger partial charge in [0.25, 0.3) is 0 Å². The summed E-state index contributed by atoms with van der Waals surface area (Å²) in [6.45, 7) is 0.324. The largest absolute Gasteiger partial charge is 0.497 e. The van der Waals surface area contributed by atoms with E-state index >= 15 is 0 Å². The number of β-amino-alcohol motifs (C(OH)–C–C–N with tert-alkyl or cyclic N) is 1. The maximum Gasteiger partial charge on any atom is 0.229 e. The molecule has 0 aliphatic carbocycles. The highest BCUT2D eigenvalue weighted by molar-refractivity contribution is 5.79. The number of nitrogens with zero attached hydrogens (tertiary/aromatic N) is 2. The number of pyridine rings is 1. The molecule has 1 fully saturated rings. The van der Waals surface area contributed by atoms with Crippen LogP contribution >= 0.6 is 0 Å². The van der Waals surface area contributed by atoms with Gasteiger partial charge in [-0.3, -0.25) is 4.79 Å². The molecule has 1 amide bonds. The van der Waals surface area contributed by atoms with Gasteiger partial charge in [0.1, 0.15) is 5.75 Å². The Kier molecular flexibility index (Phi) is 5.19. The molecule has 25 heavy (non-hydrogen) atoms. The first kappa shape index (κ1) is 17.2. The van der Waals surface area contributed by atoms with Crippen molar-refractivity contribution in [1.82, 2.24) is 9.88 Å². The van der Waals surface area contributed by atoms with Crippen LogP contribution in [0.15, 0.2) is 42.5 Å². The molecule has 2 atom stereocenters. The second-order valence-corrected chi connectivity index (χ2v) is 6.08. The fraction of sp³-hybridized carbons (Fsp3) is 0.368. The Labute approximate surface area is 147 Å². The van der Waals surface area contributed by atoms with Crippen molar-refractivity contribution in [2.24, 2.45) is 0 Å². The first-order valence-electron chi connectivity index (χ1n) is 8.22. The standard InChI is InChI=1S/C19H22N2O4/c1-24-16-7-3-5-13(9-16)17-11-15(22)12-21(17)19(23)10-14-6-4-8-18(20-14)25-2/h3-9,15,17,22H,10-12H2,1-2H3/t15-,17-/m0/s1. The Morgan fingerprint density at radius 2 is 2.04 bits per heavy atom. The molecule has 1 aromatic heterocycles. The number of hydrogen-bond donors (Lipinski definition) is 1. The van der Waals surface area contributed by atoms with Gasteiger partial charge in [-0.15, -0.1) is 0 Å². The first-order chi connectivity index (χ1) is 12.1. The minimum absolute atomic E-state index is 0.0647. The average molecular weight is 342 g/mol. The summed E-state index contributed by atoms with van der Waals surface area (Å²) in [4.78, 5) is 18.8. The topological polar surface area (TPSA) is 71.9 Å². The normalized spacial score (nSPS) is 19.7. The number of carbonyl (C=O) groups excluding carboxylic acids is 1. The summed E-state index contributed by atoms with van der Waals surface area (Å²) in [5, 5.41) is 10.1. The molecule has 1 aromatic carbocycles. The molecule has 132 valence electrons. The lowest BCUT2D eigenvalue weighted by Gasteiger charge is -2.25. The van der Waals surface area contributed by atoms with Gasteiger partial charge >= 0.3 is 0 Å². The van der Waals surface area contributed by atoms with Gasteiger partial charge in [0.2, 0.25) is 11.8 Å². The molecular formula is C19H22N2O4. The van der Waals surface area contributed by atoms with Gasteiger partial charge in [-0.2, -0.15) is 0 Å². The molecule has 0 radical (unpaired) electrons. The lowest BCUT2D eigenvalue weighted by Crippen LogP contribution is -2.33. The number of carbonyl (C=O) groups is 1. The van der Waals surface area contributed by atoms with Gasteiger partial charge in [-0.25, -0.2) is 4.98 Å². The average Bonchev–Trinajstić information content (AvgIpc) is 3.04. The van der Waals surface area contributed by atoms with Crippen LogP contribution in [0.3, 0.4) is 0 Å². The van der Waals surface area contributed by atoms with E-state index in [0.29, 0.717) is 24.5 Å². The molecule has 0 bridgehead atoms. The number of rotatable bonds is 5. The van der Waals surface area contributed by atoms with Crippen LogP contribution in [0, 0.1) is 0 Å². The predicted octanol–water partition coefficient (Wildman–Crippen LogP) is 1.98. The van der Waals surface area contributed by atoms with Gasteiger partial charge in [-0.05, 0) is 30.2 Å². The van der Waals surface area contributed by atoms with E-state index < -0.39 is 6.10 Å². The van der Waals surface area contributed by atoms with Gasteiger partial charge in [0.05, 0.1) is 38.5 Å². The second-order valence-electron chi connectivity index (χ2n) is 6.08. The van der Waals surface area contributed by atoms with E-state index in [2.05, 4.69) is 4.98 Å². The monoisotopic (exact) mass is 342 g/mol. The molecule has 1 aliphatic rings. The third-order valence-corrected chi connectivity index (χ3v) is 4.40. The maximum absolute atomic E-state index is 12.8. The van der Waals surface area contributed by atoms with E-state index in [4.69, 9.17) is 9.47 Å². The Morgan fingerprint density at radius 1 is 1.24 bits per heavy atom. The van der Waals surface area contributed by atoms with Crippen molar-refractivity contribution in [2.75, 3.05) is 20.8 Å². The van der Waals surface area contributed by atoms with E-state index in [9.17, 15) is 9.90 Å². The smallest absolute Gasteiger partial charge is 0.229 e. The predicted molar refractivity (Wildman–Crippen MR) is 92.6 cm³/mol. The van der Waals surface area contributed by atoms with Gasteiger partial charge in [-0.1, -0.05) is 18.2 Å². The van der Waals surface area contributed by atoms with Crippen molar-refractivity contribution in [3.63, 3.8) is 0 Å². The Balaban J connectivity index is 1.79. The number of hydrogen-bond acceptors (Lipinski definition) is 5. The van der Waals surface area contributed by atoms with Crippen LogP contribution in [0.5, 0.6) is 11.6 Å². The van der Waals surface area contributed by atoms with Crippen molar-refractivity contribution in [3.05, 3.63) is 53.7 Å². The number of benzene rings is 1. The number of aliphatic hydroxyl groups is 1. The molecule has 1 N–H and O–H groups in total. The van der Waals surface area contributed by atoms with Gasteiger partial charge < -0.3 is 19.5 Å². The summed E-state index contributed by atoms with van der Waals surface area (Å²) in [7, 11) is 3.16. The quantitative estimate of drug-likeness (QED) is 0.899. The van der Waals surface area contributed by atoms with E-state index in [1.807, 2.05) is 30.3 Å². The summed E-state index contributed by atoms with van der Waals surface area (Å²) >= 11 is 0. The summed E-state index contributed by atoms with van der Waals surface area (Å²) in [5.74, 6) is 1.15. The second kappa shape index (κ2) is 7.53. The van der Waals surface area contributed by atoms with Gasteiger partial charge in [0.15, 0.2) is 0 Å². The third-order valence-electron chi connectivity index (χ3n) is 4.40. The first-order valence-corrected chi connectivity index (χ1v) is 8.22. The molecule has 6 heteroatoms. The van der Waals surface area contributed by atoms with E-state index in [-0.39, 0.29) is 18.4 Å².